The monoisotopic (exact) mass is 228 g/mol. The largest absolute Gasteiger partial charge is 0.507 e. The first-order chi connectivity index (χ1) is 7.99. The van der Waals surface area contributed by atoms with Gasteiger partial charge in [0, 0.05) is 0 Å². The summed E-state index contributed by atoms with van der Waals surface area (Å²) in [7, 11) is 0. The van der Waals surface area contributed by atoms with Crippen LogP contribution in [0.4, 0.5) is 0 Å². The van der Waals surface area contributed by atoms with Crippen LogP contribution in [0.25, 0.3) is 11.1 Å². The minimum Gasteiger partial charge on any atom is -0.507 e. The molecule has 88 valence electrons. The summed E-state index contributed by atoms with van der Waals surface area (Å²) in [5.41, 5.74) is 4.42. The molecule has 0 aliphatic rings. The third kappa shape index (κ3) is 2.11. The van der Waals surface area contributed by atoms with Crippen molar-refractivity contribution in [2.75, 3.05) is 0 Å². The molecule has 17 heavy (non-hydrogen) atoms. The average molecular weight is 228 g/mol. The van der Waals surface area contributed by atoms with Gasteiger partial charge in [-0.25, -0.2) is 0 Å². The fraction of sp³-hybridized carbons (Fsp3) is 0.200. The fourth-order valence-electron chi connectivity index (χ4n) is 2.12. The Kier molecular flexibility index (Phi) is 2.80. The second kappa shape index (κ2) is 4.13. The lowest BCUT2D eigenvalue weighted by Gasteiger charge is -2.12. The van der Waals surface area contributed by atoms with E-state index in [9.17, 15) is 10.2 Å². The molecule has 0 spiro atoms. The molecule has 0 bridgehead atoms. The van der Waals surface area contributed by atoms with E-state index in [2.05, 4.69) is 0 Å². The van der Waals surface area contributed by atoms with Gasteiger partial charge in [0.1, 0.15) is 11.5 Å². The Bertz CT molecular complexity index is 548. The van der Waals surface area contributed by atoms with E-state index < -0.39 is 0 Å². The van der Waals surface area contributed by atoms with Crippen LogP contribution in [0.2, 0.25) is 0 Å². The van der Waals surface area contributed by atoms with Crippen LogP contribution in [0.1, 0.15) is 16.7 Å². The van der Waals surface area contributed by atoms with Gasteiger partial charge in [0.2, 0.25) is 0 Å². The standard InChI is InChI=1S/C15H16O2/c1-9-4-5-12(11(3)6-9)15-13(16)7-10(2)8-14(15)17/h4-8,16-17H,1-3H3. The van der Waals surface area contributed by atoms with Crippen molar-refractivity contribution in [1.29, 1.82) is 0 Å². The number of hydrogen-bond acceptors (Lipinski definition) is 2. The van der Waals surface area contributed by atoms with E-state index in [-0.39, 0.29) is 11.5 Å². The summed E-state index contributed by atoms with van der Waals surface area (Å²) in [5.74, 6) is 0.240. The molecule has 2 aromatic rings. The van der Waals surface area contributed by atoms with Gasteiger partial charge in [0.05, 0.1) is 5.56 Å². The van der Waals surface area contributed by atoms with Crippen molar-refractivity contribution in [3.8, 4) is 22.6 Å². The van der Waals surface area contributed by atoms with Crippen LogP contribution in [0.5, 0.6) is 11.5 Å². The molecule has 0 fully saturated rings. The van der Waals surface area contributed by atoms with Crippen molar-refractivity contribution in [1.82, 2.24) is 0 Å². The van der Waals surface area contributed by atoms with E-state index in [0.717, 1.165) is 22.3 Å². The van der Waals surface area contributed by atoms with E-state index in [1.807, 2.05) is 39.0 Å². The van der Waals surface area contributed by atoms with Crippen LogP contribution in [-0.2, 0) is 0 Å². The predicted molar refractivity (Wildman–Crippen MR) is 69.4 cm³/mol. The fourth-order valence-corrected chi connectivity index (χ4v) is 2.12. The third-order valence-corrected chi connectivity index (χ3v) is 2.89. The minimum absolute atomic E-state index is 0.120. The van der Waals surface area contributed by atoms with Crippen molar-refractivity contribution in [3.63, 3.8) is 0 Å². The lowest BCUT2D eigenvalue weighted by molar-refractivity contribution is 0.453. The normalized spacial score (nSPS) is 10.5. The molecule has 0 aromatic heterocycles. The lowest BCUT2D eigenvalue weighted by Crippen LogP contribution is -1.87. The summed E-state index contributed by atoms with van der Waals surface area (Å²) < 4.78 is 0. The molecule has 0 amide bonds. The zero-order valence-corrected chi connectivity index (χ0v) is 10.3. The Morgan fingerprint density at radius 3 is 1.88 bits per heavy atom. The SMILES string of the molecule is Cc1ccc(-c2c(O)cc(C)cc2O)c(C)c1. The maximum absolute atomic E-state index is 9.96. The molecular weight excluding hydrogens is 212 g/mol. The second-order valence-electron chi connectivity index (χ2n) is 4.50. The average Bonchev–Trinajstić information content (AvgIpc) is 2.19. The molecule has 0 heterocycles. The van der Waals surface area contributed by atoms with Gasteiger partial charge in [-0.2, -0.15) is 0 Å². The summed E-state index contributed by atoms with van der Waals surface area (Å²) in [5, 5.41) is 19.9. The summed E-state index contributed by atoms with van der Waals surface area (Å²) in [6.45, 7) is 5.83. The molecule has 2 aromatic carbocycles. The molecule has 2 N–H and O–H groups in total. The van der Waals surface area contributed by atoms with Crippen molar-refractivity contribution in [2.45, 2.75) is 20.8 Å². The van der Waals surface area contributed by atoms with Gasteiger partial charge in [-0.1, -0.05) is 23.8 Å². The van der Waals surface area contributed by atoms with Crippen LogP contribution >= 0.6 is 0 Å². The molecule has 0 saturated carbocycles. The quantitative estimate of drug-likeness (QED) is 0.781. The molecule has 2 rings (SSSR count). The Morgan fingerprint density at radius 1 is 0.765 bits per heavy atom. The van der Waals surface area contributed by atoms with Gasteiger partial charge in [-0.3, -0.25) is 0 Å². The van der Waals surface area contributed by atoms with Crippen LogP contribution in [0, 0.1) is 20.8 Å². The second-order valence-corrected chi connectivity index (χ2v) is 4.50. The van der Waals surface area contributed by atoms with Crippen LogP contribution in [-0.4, -0.2) is 10.2 Å². The number of aromatic hydroxyl groups is 2. The predicted octanol–water partition coefficient (Wildman–Crippen LogP) is 3.69. The van der Waals surface area contributed by atoms with Gasteiger partial charge < -0.3 is 10.2 Å². The highest BCUT2D eigenvalue weighted by Gasteiger charge is 2.12. The van der Waals surface area contributed by atoms with Gasteiger partial charge in [-0.05, 0) is 49.6 Å². The lowest BCUT2D eigenvalue weighted by atomic mass is 9.96. The van der Waals surface area contributed by atoms with Gasteiger partial charge >= 0.3 is 0 Å². The molecule has 2 heteroatoms. The summed E-state index contributed by atoms with van der Waals surface area (Å²) in [6.07, 6.45) is 0. The van der Waals surface area contributed by atoms with E-state index >= 15 is 0 Å². The van der Waals surface area contributed by atoms with Gasteiger partial charge in [-0.15, -0.1) is 0 Å². The topological polar surface area (TPSA) is 40.5 Å². The number of aryl methyl sites for hydroxylation is 3. The Morgan fingerprint density at radius 2 is 1.35 bits per heavy atom. The van der Waals surface area contributed by atoms with Gasteiger partial charge in [0.25, 0.3) is 0 Å². The van der Waals surface area contributed by atoms with E-state index in [1.165, 1.54) is 0 Å². The van der Waals surface area contributed by atoms with E-state index in [1.54, 1.807) is 12.1 Å². The van der Waals surface area contributed by atoms with Crippen molar-refractivity contribution < 1.29 is 10.2 Å². The van der Waals surface area contributed by atoms with Gasteiger partial charge in [0.15, 0.2) is 0 Å². The van der Waals surface area contributed by atoms with Crippen molar-refractivity contribution >= 4 is 0 Å². The first-order valence-corrected chi connectivity index (χ1v) is 5.59. The third-order valence-electron chi connectivity index (χ3n) is 2.89. The minimum atomic E-state index is 0.120. The summed E-state index contributed by atoms with van der Waals surface area (Å²) in [4.78, 5) is 0. The number of phenols is 2. The Labute approximate surface area is 101 Å². The maximum Gasteiger partial charge on any atom is 0.127 e. The molecule has 0 aliphatic carbocycles. The Hall–Kier alpha value is -1.96. The molecule has 0 unspecified atom stereocenters. The zero-order chi connectivity index (χ0) is 12.6. The number of phenolic OH excluding ortho intramolecular Hbond substituents is 2. The van der Waals surface area contributed by atoms with Crippen molar-refractivity contribution in [3.05, 3.63) is 47.0 Å². The molecule has 0 radical (unpaired) electrons. The molecule has 0 atom stereocenters. The Balaban J connectivity index is 2.68. The molecule has 0 saturated heterocycles. The van der Waals surface area contributed by atoms with Crippen LogP contribution in [0.3, 0.4) is 0 Å². The molecule has 0 aliphatic heterocycles. The van der Waals surface area contributed by atoms with E-state index in [0.29, 0.717) is 5.56 Å². The highest BCUT2D eigenvalue weighted by molar-refractivity contribution is 5.79. The molecule has 2 nitrogen and oxygen atoms in total. The zero-order valence-electron chi connectivity index (χ0n) is 10.3. The molecular formula is C15H16O2. The summed E-state index contributed by atoms with van der Waals surface area (Å²) in [6, 6.07) is 9.26. The van der Waals surface area contributed by atoms with Crippen molar-refractivity contribution in [2.24, 2.45) is 0 Å². The van der Waals surface area contributed by atoms with Crippen LogP contribution in [0.15, 0.2) is 30.3 Å². The van der Waals surface area contributed by atoms with Crippen LogP contribution < -0.4 is 0 Å². The first kappa shape index (κ1) is 11.5. The highest BCUT2D eigenvalue weighted by Crippen LogP contribution is 2.39. The smallest absolute Gasteiger partial charge is 0.127 e. The maximum atomic E-state index is 9.96. The number of hydrogen-bond donors (Lipinski definition) is 2. The number of rotatable bonds is 1. The first-order valence-electron chi connectivity index (χ1n) is 5.59. The highest BCUT2D eigenvalue weighted by atomic mass is 16.3. The summed E-state index contributed by atoms with van der Waals surface area (Å²) >= 11 is 0. The van der Waals surface area contributed by atoms with E-state index in [4.69, 9.17) is 0 Å². The number of benzene rings is 2.